The SMILES string of the molecule is CCCCCCCCNCCCC(C#N)(c1cc(OC)c(OC)c(OC)c1)C(C)C. The topological polar surface area (TPSA) is 63.5 Å². The number of hydrogen-bond donors (Lipinski definition) is 1. The van der Waals surface area contributed by atoms with Crippen LogP contribution in [-0.2, 0) is 5.41 Å². The third-order valence-corrected chi connectivity index (χ3v) is 6.00. The first kappa shape index (κ1) is 26.1. The summed E-state index contributed by atoms with van der Waals surface area (Å²) >= 11 is 0. The van der Waals surface area contributed by atoms with Crippen LogP contribution in [0.15, 0.2) is 12.1 Å². The molecule has 0 aliphatic carbocycles. The van der Waals surface area contributed by atoms with E-state index >= 15 is 0 Å². The second kappa shape index (κ2) is 14.1. The summed E-state index contributed by atoms with van der Waals surface area (Å²) in [4.78, 5) is 0. The van der Waals surface area contributed by atoms with Crippen molar-refractivity contribution in [1.82, 2.24) is 5.32 Å². The maximum Gasteiger partial charge on any atom is 0.203 e. The van der Waals surface area contributed by atoms with Crippen LogP contribution in [0.4, 0.5) is 0 Å². The number of hydrogen-bond acceptors (Lipinski definition) is 5. The molecule has 0 saturated carbocycles. The Labute approximate surface area is 184 Å². The Balaban J connectivity index is 2.76. The first-order valence-electron chi connectivity index (χ1n) is 11.4. The van der Waals surface area contributed by atoms with Crippen molar-refractivity contribution in [2.24, 2.45) is 5.92 Å². The number of benzene rings is 1. The third kappa shape index (κ3) is 7.09. The predicted molar refractivity (Wildman–Crippen MR) is 124 cm³/mol. The highest BCUT2D eigenvalue weighted by Gasteiger charge is 2.37. The van der Waals surface area contributed by atoms with Crippen LogP contribution in [0.3, 0.4) is 0 Å². The van der Waals surface area contributed by atoms with Gasteiger partial charge in [0.2, 0.25) is 5.75 Å². The number of rotatable bonds is 16. The lowest BCUT2D eigenvalue weighted by molar-refractivity contribution is 0.316. The maximum atomic E-state index is 10.2. The van der Waals surface area contributed by atoms with Gasteiger partial charge in [0.15, 0.2) is 11.5 Å². The molecule has 0 heterocycles. The fraction of sp³-hybridized carbons (Fsp3) is 0.720. The van der Waals surface area contributed by atoms with E-state index in [0.29, 0.717) is 17.2 Å². The molecular formula is C25H42N2O3. The van der Waals surface area contributed by atoms with Crippen molar-refractivity contribution in [2.45, 2.75) is 77.6 Å². The number of nitrogens with zero attached hydrogens (tertiary/aromatic N) is 1. The Morgan fingerprint density at radius 1 is 0.900 bits per heavy atom. The van der Waals surface area contributed by atoms with E-state index in [1.807, 2.05) is 12.1 Å². The van der Waals surface area contributed by atoms with E-state index in [0.717, 1.165) is 31.5 Å². The molecule has 5 nitrogen and oxygen atoms in total. The number of ether oxygens (including phenoxy) is 3. The van der Waals surface area contributed by atoms with Gasteiger partial charge in [-0.3, -0.25) is 0 Å². The summed E-state index contributed by atoms with van der Waals surface area (Å²) in [7, 11) is 4.81. The van der Waals surface area contributed by atoms with E-state index in [2.05, 4.69) is 32.2 Å². The summed E-state index contributed by atoms with van der Waals surface area (Å²) in [5.41, 5.74) is 0.319. The highest BCUT2D eigenvalue weighted by Crippen LogP contribution is 2.45. The van der Waals surface area contributed by atoms with Gasteiger partial charge in [0.1, 0.15) is 0 Å². The molecule has 0 aromatic heterocycles. The standard InChI is InChI=1S/C25H42N2O3/c1-7-8-9-10-11-12-15-27-16-13-14-25(19-26,20(2)3)21-17-22(28-4)24(30-6)23(18-21)29-5/h17-18,20,27H,7-16H2,1-6H3. The van der Waals surface area contributed by atoms with Crippen LogP contribution in [0.25, 0.3) is 0 Å². The normalized spacial score (nSPS) is 13.0. The molecule has 0 amide bonds. The summed E-state index contributed by atoms with van der Waals surface area (Å²) in [6.07, 6.45) is 9.57. The van der Waals surface area contributed by atoms with E-state index in [9.17, 15) is 5.26 Å². The van der Waals surface area contributed by atoms with Crippen LogP contribution in [0.5, 0.6) is 17.2 Å². The summed E-state index contributed by atoms with van der Waals surface area (Å²) < 4.78 is 16.5. The molecule has 0 bridgehead atoms. The molecule has 30 heavy (non-hydrogen) atoms. The first-order chi connectivity index (χ1) is 14.5. The molecule has 1 unspecified atom stereocenters. The van der Waals surface area contributed by atoms with Crippen molar-refractivity contribution in [3.63, 3.8) is 0 Å². The lowest BCUT2D eigenvalue weighted by atomic mass is 9.69. The van der Waals surface area contributed by atoms with Gasteiger partial charge in [-0.25, -0.2) is 0 Å². The van der Waals surface area contributed by atoms with E-state index in [4.69, 9.17) is 14.2 Å². The largest absolute Gasteiger partial charge is 0.493 e. The Kier molecular flexibility index (Phi) is 12.3. The molecule has 1 N–H and O–H groups in total. The van der Waals surface area contributed by atoms with Gasteiger partial charge in [0.05, 0.1) is 32.8 Å². The summed E-state index contributed by atoms with van der Waals surface area (Å²) in [5, 5.41) is 13.8. The fourth-order valence-corrected chi connectivity index (χ4v) is 4.00. The molecule has 1 rings (SSSR count). The van der Waals surface area contributed by atoms with Crippen molar-refractivity contribution >= 4 is 0 Å². The average Bonchev–Trinajstić information content (AvgIpc) is 2.76. The second-order valence-corrected chi connectivity index (χ2v) is 8.27. The van der Waals surface area contributed by atoms with Crippen LogP contribution < -0.4 is 19.5 Å². The lowest BCUT2D eigenvalue weighted by Crippen LogP contribution is -2.32. The minimum Gasteiger partial charge on any atom is -0.493 e. The molecule has 0 aliphatic rings. The van der Waals surface area contributed by atoms with Gasteiger partial charge in [-0.1, -0.05) is 52.9 Å². The summed E-state index contributed by atoms with van der Waals surface area (Å²) in [6, 6.07) is 6.47. The molecule has 0 spiro atoms. The van der Waals surface area contributed by atoms with Gasteiger partial charge >= 0.3 is 0 Å². The Bertz CT molecular complexity index is 629. The molecule has 5 heteroatoms. The number of methoxy groups -OCH3 is 3. The van der Waals surface area contributed by atoms with Gasteiger partial charge in [-0.15, -0.1) is 0 Å². The monoisotopic (exact) mass is 418 g/mol. The second-order valence-electron chi connectivity index (χ2n) is 8.27. The van der Waals surface area contributed by atoms with Gasteiger partial charge < -0.3 is 19.5 Å². The zero-order valence-corrected chi connectivity index (χ0v) is 20.0. The van der Waals surface area contributed by atoms with Crippen LogP contribution >= 0.6 is 0 Å². The van der Waals surface area contributed by atoms with Gasteiger partial charge in [-0.2, -0.15) is 5.26 Å². The maximum absolute atomic E-state index is 10.2. The van der Waals surface area contributed by atoms with Crippen LogP contribution in [0.2, 0.25) is 0 Å². The van der Waals surface area contributed by atoms with E-state index in [-0.39, 0.29) is 5.92 Å². The smallest absolute Gasteiger partial charge is 0.203 e. The average molecular weight is 419 g/mol. The van der Waals surface area contributed by atoms with E-state index in [1.165, 1.54) is 38.5 Å². The highest BCUT2D eigenvalue weighted by molar-refractivity contribution is 5.56. The molecule has 1 aromatic rings. The Hall–Kier alpha value is -1.93. The van der Waals surface area contributed by atoms with Crippen molar-refractivity contribution in [2.75, 3.05) is 34.4 Å². The molecular weight excluding hydrogens is 376 g/mol. The fourth-order valence-electron chi connectivity index (χ4n) is 4.00. The third-order valence-electron chi connectivity index (χ3n) is 6.00. The van der Waals surface area contributed by atoms with Crippen LogP contribution in [0.1, 0.15) is 77.7 Å². The van der Waals surface area contributed by atoms with E-state index < -0.39 is 5.41 Å². The zero-order valence-electron chi connectivity index (χ0n) is 20.0. The van der Waals surface area contributed by atoms with Gasteiger partial charge in [0, 0.05) is 0 Å². The minimum atomic E-state index is -0.603. The molecule has 0 radical (unpaired) electrons. The summed E-state index contributed by atoms with van der Waals surface area (Å²) in [5.74, 6) is 1.89. The zero-order chi connectivity index (χ0) is 22.4. The van der Waals surface area contributed by atoms with Crippen LogP contribution in [0, 0.1) is 17.2 Å². The van der Waals surface area contributed by atoms with Crippen LogP contribution in [-0.4, -0.2) is 34.4 Å². The molecule has 170 valence electrons. The van der Waals surface area contributed by atoms with Crippen molar-refractivity contribution in [1.29, 1.82) is 5.26 Å². The molecule has 1 aromatic carbocycles. The Morgan fingerprint density at radius 2 is 1.47 bits per heavy atom. The van der Waals surface area contributed by atoms with Crippen molar-refractivity contribution in [3.05, 3.63) is 17.7 Å². The molecule has 1 atom stereocenters. The van der Waals surface area contributed by atoms with Gasteiger partial charge in [-0.05, 0) is 56.0 Å². The van der Waals surface area contributed by atoms with Crippen molar-refractivity contribution in [3.8, 4) is 23.3 Å². The summed E-state index contributed by atoms with van der Waals surface area (Å²) in [6.45, 7) is 8.44. The number of nitriles is 1. The first-order valence-corrected chi connectivity index (χ1v) is 11.4. The van der Waals surface area contributed by atoms with Gasteiger partial charge in [0.25, 0.3) is 0 Å². The number of unbranched alkanes of at least 4 members (excludes halogenated alkanes) is 5. The molecule has 0 fully saturated rings. The Morgan fingerprint density at radius 3 is 1.97 bits per heavy atom. The van der Waals surface area contributed by atoms with E-state index in [1.54, 1.807) is 21.3 Å². The van der Waals surface area contributed by atoms with Crippen molar-refractivity contribution < 1.29 is 14.2 Å². The minimum absolute atomic E-state index is 0.156. The highest BCUT2D eigenvalue weighted by atomic mass is 16.5. The number of nitrogens with one attached hydrogen (secondary N) is 1. The lowest BCUT2D eigenvalue weighted by Gasteiger charge is -2.32. The molecule has 0 aliphatic heterocycles. The molecule has 0 saturated heterocycles. The quantitative estimate of drug-likeness (QED) is 0.341. The predicted octanol–water partition coefficient (Wildman–Crippen LogP) is 5.86.